The average Bonchev–Trinajstić information content (AvgIpc) is 3.08. The second-order valence-electron chi connectivity index (χ2n) is 7.78. The minimum Gasteiger partial charge on any atom is -0.376 e. The van der Waals surface area contributed by atoms with E-state index in [0.29, 0.717) is 31.6 Å². The molecule has 1 aliphatic carbocycles. The summed E-state index contributed by atoms with van der Waals surface area (Å²) in [6, 6.07) is 7.34. The van der Waals surface area contributed by atoms with Gasteiger partial charge in [-0.15, -0.1) is 0 Å². The van der Waals surface area contributed by atoms with Crippen LogP contribution in [0.25, 0.3) is 10.9 Å². The molecule has 28 heavy (non-hydrogen) atoms. The number of benzene rings is 1. The van der Waals surface area contributed by atoms with Crippen LogP contribution in [0.4, 0.5) is 0 Å². The van der Waals surface area contributed by atoms with E-state index in [1.165, 1.54) is 26.2 Å². The molecule has 1 heterocycles. The fourth-order valence-electron chi connectivity index (χ4n) is 4.01. The van der Waals surface area contributed by atoms with Gasteiger partial charge in [0.1, 0.15) is 6.04 Å². The molecular formula is C22H31N3O3. The lowest BCUT2D eigenvalue weighted by molar-refractivity contribution is -0.128. The number of hydrogen-bond acceptors (Lipinski definition) is 3. The van der Waals surface area contributed by atoms with E-state index in [9.17, 15) is 9.59 Å². The molecule has 152 valence electrons. The second-order valence-corrected chi connectivity index (χ2v) is 7.78. The molecule has 1 saturated carbocycles. The molecule has 1 aromatic heterocycles. The number of fused-ring (bicyclic) bond motifs is 1. The van der Waals surface area contributed by atoms with E-state index < -0.39 is 6.04 Å². The van der Waals surface area contributed by atoms with Gasteiger partial charge in [0.25, 0.3) is 0 Å². The Balaban J connectivity index is 1.53. The van der Waals surface area contributed by atoms with Gasteiger partial charge in [-0.3, -0.25) is 9.59 Å². The van der Waals surface area contributed by atoms with Gasteiger partial charge >= 0.3 is 0 Å². The number of carbonyl (C=O) groups is 2. The molecule has 3 unspecified atom stereocenters. The standard InChI is InChI=1S/C22H31N3O3/c1-15-7-3-6-10-21(15)28-12-11-23-22(27)20(25-16(2)26)13-17-14-24-19-9-5-4-8-18(17)19/h4-5,8-9,14-15,20-21,24H,3,6-7,10-13H2,1-2H3,(H,23,27)(H,25,26). The highest BCUT2D eigenvalue weighted by Gasteiger charge is 2.23. The molecule has 1 aliphatic rings. The van der Waals surface area contributed by atoms with Crippen molar-refractivity contribution in [2.75, 3.05) is 13.2 Å². The highest BCUT2D eigenvalue weighted by molar-refractivity contribution is 5.89. The number of ether oxygens (including phenoxy) is 1. The molecule has 0 aliphatic heterocycles. The van der Waals surface area contributed by atoms with Crippen LogP contribution in [0.1, 0.15) is 45.1 Å². The van der Waals surface area contributed by atoms with Crippen molar-refractivity contribution >= 4 is 22.7 Å². The lowest BCUT2D eigenvalue weighted by Gasteiger charge is -2.28. The number of aromatic amines is 1. The smallest absolute Gasteiger partial charge is 0.243 e. The molecule has 0 radical (unpaired) electrons. The van der Waals surface area contributed by atoms with E-state index in [-0.39, 0.29) is 11.8 Å². The monoisotopic (exact) mass is 385 g/mol. The van der Waals surface area contributed by atoms with Crippen molar-refractivity contribution < 1.29 is 14.3 Å². The first-order valence-corrected chi connectivity index (χ1v) is 10.3. The van der Waals surface area contributed by atoms with Gasteiger partial charge in [-0.1, -0.05) is 38.0 Å². The quantitative estimate of drug-likeness (QED) is 0.611. The summed E-state index contributed by atoms with van der Waals surface area (Å²) in [4.78, 5) is 27.5. The zero-order valence-corrected chi connectivity index (χ0v) is 16.8. The number of H-pyrrole nitrogens is 1. The summed E-state index contributed by atoms with van der Waals surface area (Å²) in [5, 5.41) is 6.76. The molecule has 1 aromatic carbocycles. The Labute approximate surface area is 166 Å². The summed E-state index contributed by atoms with van der Waals surface area (Å²) < 4.78 is 5.96. The molecule has 6 nitrogen and oxygen atoms in total. The molecule has 1 fully saturated rings. The zero-order valence-electron chi connectivity index (χ0n) is 16.8. The Kier molecular flexibility index (Phi) is 7.09. The van der Waals surface area contributed by atoms with Crippen molar-refractivity contribution in [2.24, 2.45) is 5.92 Å². The van der Waals surface area contributed by atoms with Gasteiger partial charge in [0, 0.05) is 37.0 Å². The first-order valence-electron chi connectivity index (χ1n) is 10.3. The maximum absolute atomic E-state index is 12.7. The summed E-state index contributed by atoms with van der Waals surface area (Å²) in [5.41, 5.74) is 2.03. The van der Waals surface area contributed by atoms with Gasteiger partial charge in [-0.05, 0) is 30.4 Å². The van der Waals surface area contributed by atoms with Crippen LogP contribution in [0.5, 0.6) is 0 Å². The molecule has 2 amide bonds. The highest BCUT2D eigenvalue weighted by Crippen LogP contribution is 2.26. The van der Waals surface area contributed by atoms with E-state index in [0.717, 1.165) is 22.9 Å². The second kappa shape index (κ2) is 9.73. The molecule has 6 heteroatoms. The van der Waals surface area contributed by atoms with E-state index >= 15 is 0 Å². The summed E-state index contributed by atoms with van der Waals surface area (Å²) in [5.74, 6) is 0.187. The highest BCUT2D eigenvalue weighted by atomic mass is 16.5. The third-order valence-corrected chi connectivity index (χ3v) is 5.56. The minimum absolute atomic E-state index is 0.180. The molecule has 3 atom stereocenters. The van der Waals surface area contributed by atoms with Gasteiger partial charge < -0.3 is 20.4 Å². The minimum atomic E-state index is -0.606. The van der Waals surface area contributed by atoms with Crippen molar-refractivity contribution in [2.45, 2.75) is 58.1 Å². The summed E-state index contributed by atoms with van der Waals surface area (Å²) in [6.07, 6.45) is 7.45. The summed E-state index contributed by atoms with van der Waals surface area (Å²) >= 11 is 0. The van der Waals surface area contributed by atoms with Crippen molar-refractivity contribution in [1.82, 2.24) is 15.6 Å². The van der Waals surface area contributed by atoms with Crippen LogP contribution in [0.2, 0.25) is 0 Å². The van der Waals surface area contributed by atoms with Crippen LogP contribution < -0.4 is 10.6 Å². The van der Waals surface area contributed by atoms with Crippen molar-refractivity contribution in [3.05, 3.63) is 36.0 Å². The van der Waals surface area contributed by atoms with E-state index in [2.05, 4.69) is 22.5 Å². The Morgan fingerprint density at radius 2 is 2.04 bits per heavy atom. The molecule has 0 bridgehead atoms. The first-order chi connectivity index (χ1) is 13.5. The van der Waals surface area contributed by atoms with Gasteiger partial charge in [0.15, 0.2) is 0 Å². The number of rotatable bonds is 8. The molecule has 0 saturated heterocycles. The predicted molar refractivity (Wildman–Crippen MR) is 110 cm³/mol. The number of carbonyl (C=O) groups excluding carboxylic acids is 2. The van der Waals surface area contributed by atoms with Crippen LogP contribution >= 0.6 is 0 Å². The third-order valence-electron chi connectivity index (χ3n) is 5.56. The SMILES string of the molecule is CC(=O)NC(Cc1c[nH]c2ccccc12)C(=O)NCCOC1CCCCC1C. The van der Waals surface area contributed by atoms with Crippen LogP contribution in [0.15, 0.2) is 30.5 Å². The lowest BCUT2D eigenvalue weighted by atomic mass is 9.88. The Bertz CT molecular complexity index is 801. The predicted octanol–water partition coefficient (Wildman–Crippen LogP) is 2.93. The van der Waals surface area contributed by atoms with E-state index in [4.69, 9.17) is 4.74 Å². The Hall–Kier alpha value is -2.34. The number of aromatic nitrogens is 1. The maximum Gasteiger partial charge on any atom is 0.243 e. The van der Waals surface area contributed by atoms with Crippen molar-refractivity contribution in [3.8, 4) is 0 Å². The van der Waals surface area contributed by atoms with Crippen LogP contribution in [-0.4, -0.2) is 42.1 Å². The molecule has 2 aromatic rings. The molecule has 0 spiro atoms. The fraction of sp³-hybridized carbons (Fsp3) is 0.545. The summed E-state index contributed by atoms with van der Waals surface area (Å²) in [6.45, 7) is 4.62. The average molecular weight is 386 g/mol. The number of hydrogen-bond donors (Lipinski definition) is 3. The topological polar surface area (TPSA) is 83.2 Å². The largest absolute Gasteiger partial charge is 0.376 e. The van der Waals surface area contributed by atoms with Gasteiger partial charge in [0.2, 0.25) is 11.8 Å². The van der Waals surface area contributed by atoms with Crippen molar-refractivity contribution in [3.63, 3.8) is 0 Å². The maximum atomic E-state index is 12.7. The molecular weight excluding hydrogens is 354 g/mol. The Morgan fingerprint density at radius 3 is 2.82 bits per heavy atom. The van der Waals surface area contributed by atoms with E-state index in [1.807, 2.05) is 30.5 Å². The number of para-hydroxylation sites is 1. The van der Waals surface area contributed by atoms with Gasteiger partial charge in [0.05, 0.1) is 12.7 Å². The molecule has 3 rings (SSSR count). The lowest BCUT2D eigenvalue weighted by Crippen LogP contribution is -2.48. The van der Waals surface area contributed by atoms with Gasteiger partial charge in [-0.2, -0.15) is 0 Å². The first kappa shape index (κ1) is 20.4. The Morgan fingerprint density at radius 1 is 1.25 bits per heavy atom. The normalized spacial score (nSPS) is 20.6. The van der Waals surface area contributed by atoms with Crippen LogP contribution in [0, 0.1) is 5.92 Å². The van der Waals surface area contributed by atoms with Crippen molar-refractivity contribution in [1.29, 1.82) is 0 Å². The third kappa shape index (κ3) is 5.35. The molecule has 3 N–H and O–H groups in total. The van der Waals surface area contributed by atoms with Gasteiger partial charge in [-0.25, -0.2) is 0 Å². The van der Waals surface area contributed by atoms with Crippen LogP contribution in [-0.2, 0) is 20.7 Å². The zero-order chi connectivity index (χ0) is 19.9. The van der Waals surface area contributed by atoms with Crippen LogP contribution in [0.3, 0.4) is 0 Å². The number of nitrogens with one attached hydrogen (secondary N) is 3. The summed E-state index contributed by atoms with van der Waals surface area (Å²) in [7, 11) is 0. The van der Waals surface area contributed by atoms with E-state index in [1.54, 1.807) is 0 Å². The fourth-order valence-corrected chi connectivity index (χ4v) is 4.01. The number of amides is 2.